The van der Waals surface area contributed by atoms with Crippen molar-refractivity contribution in [3.63, 3.8) is 0 Å². The predicted octanol–water partition coefficient (Wildman–Crippen LogP) is 2.30. The molecule has 0 saturated heterocycles. The van der Waals surface area contributed by atoms with Crippen LogP contribution in [-0.4, -0.2) is 21.8 Å². The van der Waals surface area contributed by atoms with Crippen LogP contribution in [0.4, 0.5) is 0 Å². The van der Waals surface area contributed by atoms with Crippen molar-refractivity contribution in [2.24, 2.45) is 0 Å². The third-order valence-corrected chi connectivity index (χ3v) is 3.32. The summed E-state index contributed by atoms with van der Waals surface area (Å²) in [5.41, 5.74) is 6.68. The molecule has 4 nitrogen and oxygen atoms in total. The molecule has 1 aromatic rings. The minimum atomic E-state index is 0.609. The van der Waals surface area contributed by atoms with Crippen LogP contribution in [0.1, 0.15) is 12.5 Å². The van der Waals surface area contributed by atoms with Gasteiger partial charge >= 0.3 is 0 Å². The molecule has 4 heteroatoms. The first-order valence-corrected chi connectivity index (χ1v) is 5.90. The molecule has 2 aliphatic heterocycles. The quantitative estimate of drug-likeness (QED) is 0.779. The van der Waals surface area contributed by atoms with Gasteiger partial charge in [0.15, 0.2) is 0 Å². The lowest BCUT2D eigenvalue weighted by Crippen LogP contribution is -2.34. The second kappa shape index (κ2) is 4.33. The number of hydrazine groups is 1. The molecule has 18 heavy (non-hydrogen) atoms. The zero-order valence-corrected chi connectivity index (χ0v) is 10.2. The molecular weight excluding hydrogens is 226 g/mol. The van der Waals surface area contributed by atoms with Gasteiger partial charge in [-0.3, -0.25) is 10.2 Å². The molecule has 0 spiro atoms. The van der Waals surface area contributed by atoms with E-state index in [0.29, 0.717) is 6.67 Å². The topological polar surface area (TPSA) is 38.7 Å². The molecule has 0 amide bonds. The van der Waals surface area contributed by atoms with Crippen LogP contribution in [0.5, 0.6) is 0 Å². The van der Waals surface area contributed by atoms with E-state index in [0.717, 1.165) is 11.4 Å². The second-order valence-corrected chi connectivity index (χ2v) is 4.39. The molecule has 0 bridgehead atoms. The van der Waals surface area contributed by atoms with Gasteiger partial charge in [0.05, 0.1) is 11.4 Å². The van der Waals surface area contributed by atoms with Crippen molar-refractivity contribution in [2.45, 2.75) is 6.92 Å². The van der Waals surface area contributed by atoms with Gasteiger partial charge < -0.3 is 4.90 Å². The number of hydrogen-bond acceptors (Lipinski definition) is 4. The van der Waals surface area contributed by atoms with E-state index in [9.17, 15) is 0 Å². The van der Waals surface area contributed by atoms with Crippen molar-refractivity contribution >= 4 is 5.57 Å². The Bertz CT molecular complexity index is 545. The van der Waals surface area contributed by atoms with E-state index in [1.165, 1.54) is 11.1 Å². The van der Waals surface area contributed by atoms with Crippen molar-refractivity contribution in [3.8, 4) is 0 Å². The van der Waals surface area contributed by atoms with Crippen LogP contribution in [-0.2, 0) is 0 Å². The number of benzene rings is 1. The molecule has 0 unspecified atom stereocenters. The van der Waals surface area contributed by atoms with E-state index in [-0.39, 0.29) is 0 Å². The summed E-state index contributed by atoms with van der Waals surface area (Å²) in [5, 5.41) is 10.7. The standard InChI is InChI=1S/C14H15N3O/c1-11-14-8-7-13(12-5-3-2-4-6-12)9-16(14)10-17(11)15-18/h2-9,15,18H,10H2,1H3. The lowest BCUT2D eigenvalue weighted by atomic mass is 10.0. The van der Waals surface area contributed by atoms with Crippen molar-refractivity contribution < 1.29 is 5.21 Å². The van der Waals surface area contributed by atoms with Crippen molar-refractivity contribution in [3.05, 3.63) is 65.6 Å². The van der Waals surface area contributed by atoms with Crippen LogP contribution in [0.2, 0.25) is 0 Å². The van der Waals surface area contributed by atoms with E-state index < -0.39 is 0 Å². The summed E-state index contributed by atoms with van der Waals surface area (Å²) in [6, 6.07) is 10.3. The number of hydrogen-bond donors (Lipinski definition) is 2. The lowest BCUT2D eigenvalue weighted by Gasteiger charge is -2.21. The van der Waals surface area contributed by atoms with Crippen LogP contribution < -0.4 is 5.59 Å². The highest BCUT2D eigenvalue weighted by Gasteiger charge is 2.25. The zero-order chi connectivity index (χ0) is 12.5. The maximum atomic E-state index is 9.04. The average Bonchev–Trinajstić information content (AvgIpc) is 2.76. The van der Waals surface area contributed by atoms with E-state index in [4.69, 9.17) is 5.21 Å². The van der Waals surface area contributed by atoms with Crippen molar-refractivity contribution in [2.75, 3.05) is 6.67 Å². The minimum absolute atomic E-state index is 0.609. The molecule has 0 saturated carbocycles. The molecule has 2 heterocycles. The van der Waals surface area contributed by atoms with Gasteiger partial charge in [-0.2, -0.15) is 0 Å². The highest BCUT2D eigenvalue weighted by molar-refractivity contribution is 5.76. The van der Waals surface area contributed by atoms with Crippen LogP contribution in [0.3, 0.4) is 0 Å². The number of rotatable bonds is 2. The van der Waals surface area contributed by atoms with Crippen molar-refractivity contribution in [1.82, 2.24) is 15.5 Å². The van der Waals surface area contributed by atoms with Gasteiger partial charge in [-0.1, -0.05) is 36.4 Å². The third kappa shape index (κ3) is 1.72. The monoisotopic (exact) mass is 241 g/mol. The van der Waals surface area contributed by atoms with E-state index >= 15 is 0 Å². The molecule has 0 atom stereocenters. The Balaban J connectivity index is 1.93. The second-order valence-electron chi connectivity index (χ2n) is 4.39. The molecule has 3 rings (SSSR count). The van der Waals surface area contributed by atoms with E-state index in [2.05, 4.69) is 41.0 Å². The lowest BCUT2D eigenvalue weighted by molar-refractivity contribution is 0.0000685. The Morgan fingerprint density at radius 1 is 1.17 bits per heavy atom. The van der Waals surface area contributed by atoms with Crippen LogP contribution in [0.25, 0.3) is 5.57 Å². The Kier molecular flexibility index (Phi) is 2.66. The number of fused-ring (bicyclic) bond motifs is 1. The van der Waals surface area contributed by atoms with Gasteiger partial charge in [0, 0.05) is 6.20 Å². The normalized spacial score (nSPS) is 18.2. The maximum Gasteiger partial charge on any atom is 0.111 e. The highest BCUT2D eigenvalue weighted by atomic mass is 16.5. The Morgan fingerprint density at radius 2 is 1.94 bits per heavy atom. The molecule has 92 valence electrons. The van der Waals surface area contributed by atoms with Crippen LogP contribution in [0, 0.1) is 0 Å². The molecule has 0 aromatic heterocycles. The minimum Gasteiger partial charge on any atom is -0.326 e. The maximum absolute atomic E-state index is 9.04. The van der Waals surface area contributed by atoms with Crippen LogP contribution in [0.15, 0.2) is 60.1 Å². The molecule has 0 fully saturated rings. The van der Waals surface area contributed by atoms with Gasteiger partial charge in [-0.25, -0.2) is 0 Å². The first-order valence-electron chi connectivity index (χ1n) is 5.90. The molecule has 2 N–H and O–H groups in total. The summed E-state index contributed by atoms with van der Waals surface area (Å²) in [4.78, 5) is 2.11. The summed E-state index contributed by atoms with van der Waals surface area (Å²) in [6.07, 6.45) is 6.28. The fourth-order valence-corrected chi connectivity index (χ4v) is 2.30. The third-order valence-electron chi connectivity index (χ3n) is 3.32. The summed E-state index contributed by atoms with van der Waals surface area (Å²) in [6.45, 7) is 2.59. The molecule has 0 aliphatic carbocycles. The molecular formula is C14H15N3O. The number of nitrogens with one attached hydrogen (secondary N) is 1. The Hall–Kier alpha value is -2.04. The number of allylic oxidation sites excluding steroid dienone is 4. The van der Waals surface area contributed by atoms with E-state index in [1.807, 2.05) is 25.1 Å². The van der Waals surface area contributed by atoms with Crippen molar-refractivity contribution in [1.29, 1.82) is 0 Å². The highest BCUT2D eigenvalue weighted by Crippen LogP contribution is 2.30. The van der Waals surface area contributed by atoms with Gasteiger partial charge in [0.1, 0.15) is 6.67 Å². The first-order chi connectivity index (χ1) is 8.79. The average molecular weight is 241 g/mol. The molecule has 1 aromatic carbocycles. The summed E-state index contributed by atoms with van der Waals surface area (Å²) < 4.78 is 0. The summed E-state index contributed by atoms with van der Waals surface area (Å²) in [7, 11) is 0. The summed E-state index contributed by atoms with van der Waals surface area (Å²) in [5.74, 6) is 0. The SMILES string of the molecule is CC1=C2C=CC(c3ccccc3)=CN2CN1NO. The smallest absolute Gasteiger partial charge is 0.111 e. The Labute approximate surface area is 106 Å². The zero-order valence-electron chi connectivity index (χ0n) is 10.2. The largest absolute Gasteiger partial charge is 0.326 e. The summed E-state index contributed by atoms with van der Waals surface area (Å²) >= 11 is 0. The molecule has 2 aliphatic rings. The first kappa shape index (κ1) is 11.1. The Morgan fingerprint density at radius 3 is 2.67 bits per heavy atom. The fraction of sp³-hybridized carbons (Fsp3) is 0.143. The fourth-order valence-electron chi connectivity index (χ4n) is 2.30. The van der Waals surface area contributed by atoms with E-state index in [1.54, 1.807) is 5.01 Å². The van der Waals surface area contributed by atoms with Gasteiger partial charge in [-0.15, -0.1) is 5.59 Å². The predicted molar refractivity (Wildman–Crippen MR) is 69.7 cm³/mol. The van der Waals surface area contributed by atoms with Gasteiger partial charge in [0.25, 0.3) is 0 Å². The molecule has 0 radical (unpaired) electrons. The number of nitrogens with zero attached hydrogens (tertiary/aromatic N) is 2. The van der Waals surface area contributed by atoms with Gasteiger partial charge in [-0.05, 0) is 24.1 Å². The van der Waals surface area contributed by atoms with Crippen LogP contribution >= 0.6 is 0 Å². The van der Waals surface area contributed by atoms with Gasteiger partial charge in [0.2, 0.25) is 0 Å².